The van der Waals surface area contributed by atoms with Crippen LogP contribution < -0.4 is 16.0 Å². The number of anilines is 4. The van der Waals surface area contributed by atoms with Crippen LogP contribution >= 0.6 is 0 Å². The van der Waals surface area contributed by atoms with Crippen molar-refractivity contribution >= 4 is 39.6 Å². The van der Waals surface area contributed by atoms with E-state index in [1.54, 1.807) is 0 Å². The molecule has 5 nitrogen and oxygen atoms in total. The Kier molecular flexibility index (Phi) is 3.79. The number of fused-ring (bicyclic) bond motifs is 2. The number of para-hydroxylation sites is 5. The van der Waals surface area contributed by atoms with Crippen molar-refractivity contribution in [1.29, 1.82) is 0 Å². The summed E-state index contributed by atoms with van der Waals surface area (Å²) in [6, 6.07) is 23.3. The summed E-state index contributed by atoms with van der Waals surface area (Å²) in [7, 11) is 0. The maximum Gasteiger partial charge on any atom is 0.247 e. The van der Waals surface area contributed by atoms with E-state index < -0.39 is 6.04 Å². The molecule has 0 unspecified atom stereocenters. The molecule has 28 heavy (non-hydrogen) atoms. The van der Waals surface area contributed by atoms with Gasteiger partial charge in [-0.05, 0) is 35.9 Å². The molecule has 5 heteroatoms. The molecule has 4 aromatic rings. The molecule has 2 heterocycles. The average molecular weight is 368 g/mol. The molecular weight excluding hydrogens is 348 g/mol. The number of nitrogens with one attached hydrogen (secondary N) is 2. The normalized spacial score (nSPS) is 16.1. The maximum atomic E-state index is 13.1. The third-order valence-corrected chi connectivity index (χ3v) is 5.32. The van der Waals surface area contributed by atoms with Crippen molar-refractivity contribution in [1.82, 2.24) is 4.98 Å². The minimum atomic E-state index is -0.404. The number of amides is 1. The van der Waals surface area contributed by atoms with Gasteiger partial charge in [0, 0.05) is 23.5 Å². The van der Waals surface area contributed by atoms with Crippen molar-refractivity contribution in [2.45, 2.75) is 12.5 Å². The quantitative estimate of drug-likeness (QED) is 0.468. The second-order valence-electron chi connectivity index (χ2n) is 7.01. The second kappa shape index (κ2) is 6.46. The van der Waals surface area contributed by atoms with Gasteiger partial charge in [0.05, 0.1) is 22.7 Å². The minimum Gasteiger partial charge on any atom is -0.397 e. The molecule has 0 bridgehead atoms. The monoisotopic (exact) mass is 368 g/mol. The van der Waals surface area contributed by atoms with Gasteiger partial charge in [0.2, 0.25) is 5.91 Å². The largest absolute Gasteiger partial charge is 0.397 e. The van der Waals surface area contributed by atoms with Crippen molar-refractivity contribution in [2.75, 3.05) is 16.0 Å². The molecule has 0 spiro atoms. The van der Waals surface area contributed by atoms with Gasteiger partial charge in [-0.2, -0.15) is 0 Å². The van der Waals surface area contributed by atoms with Crippen LogP contribution in [-0.4, -0.2) is 16.9 Å². The Morgan fingerprint density at radius 1 is 0.893 bits per heavy atom. The summed E-state index contributed by atoms with van der Waals surface area (Å²) < 4.78 is 0. The van der Waals surface area contributed by atoms with E-state index in [0.29, 0.717) is 12.1 Å². The smallest absolute Gasteiger partial charge is 0.247 e. The molecule has 0 radical (unpaired) electrons. The van der Waals surface area contributed by atoms with Gasteiger partial charge in [0.15, 0.2) is 0 Å². The number of hydrogen-bond acceptors (Lipinski definition) is 3. The number of nitrogens with zero attached hydrogens (tertiary/aromatic N) is 1. The number of aromatic amines is 1. The van der Waals surface area contributed by atoms with Gasteiger partial charge in [-0.1, -0.05) is 42.5 Å². The van der Waals surface area contributed by atoms with Crippen LogP contribution in [-0.2, 0) is 11.2 Å². The Bertz CT molecular complexity index is 1180. The number of H-pyrrole nitrogens is 1. The molecule has 1 aliphatic heterocycles. The third kappa shape index (κ3) is 2.60. The lowest BCUT2D eigenvalue weighted by Gasteiger charge is -2.38. The van der Waals surface area contributed by atoms with E-state index >= 15 is 0 Å². The zero-order valence-corrected chi connectivity index (χ0v) is 15.2. The summed E-state index contributed by atoms with van der Waals surface area (Å²) in [5.74, 6) is -0.0350. The van der Waals surface area contributed by atoms with E-state index in [9.17, 15) is 4.79 Å². The van der Waals surface area contributed by atoms with Crippen molar-refractivity contribution in [3.05, 3.63) is 84.6 Å². The lowest BCUT2D eigenvalue weighted by molar-refractivity contribution is -0.117. The van der Waals surface area contributed by atoms with Crippen molar-refractivity contribution < 1.29 is 4.79 Å². The molecule has 138 valence electrons. The zero-order chi connectivity index (χ0) is 19.1. The van der Waals surface area contributed by atoms with Crippen LogP contribution in [0.1, 0.15) is 5.56 Å². The SMILES string of the molecule is Nc1ccccc1N1c2ccccc2NC(=O)[C@@H]1Cc1c[nH]c2ccccc12. The first-order valence-electron chi connectivity index (χ1n) is 9.31. The van der Waals surface area contributed by atoms with Crippen LogP contribution in [0.5, 0.6) is 0 Å². The summed E-state index contributed by atoms with van der Waals surface area (Å²) in [6.45, 7) is 0. The summed E-state index contributed by atoms with van der Waals surface area (Å²) in [4.78, 5) is 18.5. The predicted octanol–water partition coefficient (Wildman–Crippen LogP) is 4.45. The first kappa shape index (κ1) is 16.4. The summed E-state index contributed by atoms with van der Waals surface area (Å²) in [5, 5.41) is 4.19. The Hall–Kier alpha value is -3.73. The number of rotatable bonds is 3. The highest BCUT2D eigenvalue weighted by molar-refractivity contribution is 6.06. The van der Waals surface area contributed by atoms with Crippen LogP contribution in [0.25, 0.3) is 10.9 Å². The van der Waals surface area contributed by atoms with Crippen molar-refractivity contribution in [3.8, 4) is 0 Å². The standard InChI is InChI=1S/C23H20N4O/c24-17-8-2-5-11-20(17)27-21-12-6-4-10-19(21)26-23(28)22(27)13-15-14-25-18-9-3-1-7-16(15)18/h1-12,14,22,25H,13,24H2,(H,26,28)/t22-/m0/s1. The van der Waals surface area contributed by atoms with Crippen LogP contribution in [0.2, 0.25) is 0 Å². The summed E-state index contributed by atoms with van der Waals surface area (Å²) in [6.07, 6.45) is 2.56. The number of carbonyl (C=O) groups is 1. The Balaban J connectivity index is 1.64. The van der Waals surface area contributed by atoms with Gasteiger partial charge in [-0.3, -0.25) is 4.79 Å². The molecule has 3 aromatic carbocycles. The molecule has 1 aliphatic rings. The van der Waals surface area contributed by atoms with Crippen LogP contribution in [0.4, 0.5) is 22.7 Å². The lowest BCUT2D eigenvalue weighted by atomic mass is 9.98. The number of nitrogen functional groups attached to an aromatic ring is 1. The van der Waals surface area contributed by atoms with Gasteiger partial charge in [-0.15, -0.1) is 0 Å². The predicted molar refractivity (Wildman–Crippen MR) is 114 cm³/mol. The molecule has 0 fully saturated rings. The van der Waals surface area contributed by atoms with E-state index in [4.69, 9.17) is 5.73 Å². The molecule has 5 rings (SSSR count). The van der Waals surface area contributed by atoms with E-state index in [1.165, 1.54) is 0 Å². The Morgan fingerprint density at radius 2 is 1.61 bits per heavy atom. The highest BCUT2D eigenvalue weighted by Crippen LogP contribution is 2.41. The zero-order valence-electron chi connectivity index (χ0n) is 15.2. The minimum absolute atomic E-state index is 0.0350. The van der Waals surface area contributed by atoms with Gasteiger partial charge in [-0.25, -0.2) is 0 Å². The fraction of sp³-hybridized carbons (Fsp3) is 0.0870. The number of aromatic nitrogens is 1. The Morgan fingerprint density at radius 3 is 2.46 bits per heavy atom. The first-order chi connectivity index (χ1) is 13.7. The van der Waals surface area contributed by atoms with Crippen molar-refractivity contribution in [3.63, 3.8) is 0 Å². The van der Waals surface area contributed by atoms with Crippen LogP contribution in [0, 0.1) is 0 Å². The van der Waals surface area contributed by atoms with Gasteiger partial charge >= 0.3 is 0 Å². The van der Waals surface area contributed by atoms with E-state index in [1.807, 2.05) is 72.9 Å². The second-order valence-corrected chi connectivity index (χ2v) is 7.01. The van der Waals surface area contributed by atoms with E-state index in [0.717, 1.165) is 33.5 Å². The van der Waals surface area contributed by atoms with Gasteiger partial charge in [0.25, 0.3) is 0 Å². The van der Waals surface area contributed by atoms with Gasteiger partial charge < -0.3 is 20.9 Å². The number of carbonyl (C=O) groups excluding carboxylic acids is 1. The number of benzene rings is 3. The molecular formula is C23H20N4O. The fourth-order valence-electron chi connectivity index (χ4n) is 3.99. The molecule has 0 aliphatic carbocycles. The molecule has 1 aromatic heterocycles. The molecule has 0 saturated carbocycles. The van der Waals surface area contributed by atoms with Crippen LogP contribution in [0.15, 0.2) is 79.0 Å². The number of hydrogen-bond donors (Lipinski definition) is 3. The lowest BCUT2D eigenvalue weighted by Crippen LogP contribution is -2.47. The summed E-state index contributed by atoms with van der Waals surface area (Å²) >= 11 is 0. The van der Waals surface area contributed by atoms with Gasteiger partial charge in [0.1, 0.15) is 6.04 Å². The fourth-order valence-corrected chi connectivity index (χ4v) is 3.99. The highest BCUT2D eigenvalue weighted by atomic mass is 16.2. The highest BCUT2D eigenvalue weighted by Gasteiger charge is 2.35. The topological polar surface area (TPSA) is 74.2 Å². The van der Waals surface area contributed by atoms with Crippen molar-refractivity contribution in [2.24, 2.45) is 0 Å². The molecule has 0 saturated heterocycles. The van der Waals surface area contributed by atoms with E-state index in [2.05, 4.69) is 21.3 Å². The van der Waals surface area contributed by atoms with Crippen LogP contribution in [0.3, 0.4) is 0 Å². The van der Waals surface area contributed by atoms with E-state index in [-0.39, 0.29) is 5.91 Å². The molecule has 4 N–H and O–H groups in total. The molecule has 1 atom stereocenters. The summed E-state index contributed by atoms with van der Waals surface area (Å²) in [5.41, 5.74) is 11.7. The molecule has 1 amide bonds. The third-order valence-electron chi connectivity index (χ3n) is 5.32. The maximum absolute atomic E-state index is 13.1. The first-order valence-corrected chi connectivity index (χ1v) is 9.31. The average Bonchev–Trinajstić information content (AvgIpc) is 3.12. The number of nitrogens with two attached hydrogens (primary N) is 1. The Labute approximate surface area is 162 Å².